The molecule has 1 aliphatic heterocycles. The topological polar surface area (TPSA) is 29.5 Å². The number of hydrogen-bond acceptors (Lipinski definition) is 2. The largest absolute Gasteiger partial charge is 0.377 e. The van der Waals surface area contributed by atoms with Crippen LogP contribution in [0.5, 0.6) is 0 Å². The lowest BCUT2D eigenvalue weighted by molar-refractivity contribution is 0.0154. The molecule has 0 unspecified atom stereocenters. The van der Waals surface area contributed by atoms with Gasteiger partial charge in [-0.25, -0.2) is 0 Å². The number of benzene rings is 1. The third-order valence-corrected chi connectivity index (χ3v) is 5.17. The zero-order chi connectivity index (χ0) is 14.5. The van der Waals surface area contributed by atoms with Crippen LogP contribution in [0, 0.1) is 10.5 Å². The van der Waals surface area contributed by atoms with E-state index in [1.807, 2.05) is 30.0 Å². The molecule has 0 bridgehead atoms. The van der Waals surface area contributed by atoms with Crippen molar-refractivity contribution in [2.75, 3.05) is 25.6 Å². The van der Waals surface area contributed by atoms with Gasteiger partial charge in [0, 0.05) is 22.5 Å². The van der Waals surface area contributed by atoms with E-state index < -0.39 is 0 Å². The summed E-state index contributed by atoms with van der Waals surface area (Å²) >= 11 is 7.87. The molecule has 0 N–H and O–H groups in total. The summed E-state index contributed by atoms with van der Waals surface area (Å²) in [6.07, 6.45) is 2.03. The van der Waals surface area contributed by atoms with Crippen molar-refractivity contribution in [1.29, 1.82) is 0 Å². The molecule has 0 aromatic heterocycles. The predicted molar refractivity (Wildman–Crippen MR) is 89.5 cm³/mol. The second kappa shape index (κ2) is 7.61. The Morgan fingerprint density at radius 2 is 2.15 bits per heavy atom. The number of carbonyl (C=O) groups is 1. The van der Waals surface area contributed by atoms with Gasteiger partial charge in [0.15, 0.2) is 0 Å². The maximum absolute atomic E-state index is 12.6. The Morgan fingerprint density at radius 3 is 2.80 bits per heavy atom. The number of carbonyl (C=O) groups excluding carboxylic acids is 1. The zero-order valence-electron chi connectivity index (χ0n) is 11.6. The summed E-state index contributed by atoms with van der Waals surface area (Å²) < 4.78 is 6.69. The summed E-state index contributed by atoms with van der Waals surface area (Å²) in [5.41, 5.74) is 1.96. The van der Waals surface area contributed by atoms with Gasteiger partial charge in [0.25, 0.3) is 5.91 Å². The van der Waals surface area contributed by atoms with Crippen LogP contribution in [-0.4, -0.2) is 42.5 Å². The fraction of sp³-hybridized carbons (Fsp3) is 0.533. The Balaban J connectivity index is 1.96. The normalized spacial score (nSPS) is 16.4. The molecule has 1 amide bonds. The number of likely N-dealkylation sites (tertiary alicyclic amines) is 1. The van der Waals surface area contributed by atoms with Crippen molar-refractivity contribution in [2.24, 2.45) is 0 Å². The Kier molecular flexibility index (Phi) is 6.11. The second-order valence-corrected chi connectivity index (χ2v) is 6.44. The molecule has 1 heterocycles. The van der Waals surface area contributed by atoms with Crippen molar-refractivity contribution in [2.45, 2.75) is 25.9 Å². The summed E-state index contributed by atoms with van der Waals surface area (Å²) in [5, 5.41) is 0. The van der Waals surface area contributed by atoms with Crippen LogP contribution in [0.25, 0.3) is 0 Å². The molecule has 0 spiro atoms. The third kappa shape index (κ3) is 3.86. The van der Waals surface area contributed by atoms with Crippen LogP contribution in [0.15, 0.2) is 18.2 Å². The number of nitrogens with zero attached hydrogens (tertiary/aromatic N) is 1. The zero-order valence-corrected chi connectivity index (χ0v) is 14.5. The van der Waals surface area contributed by atoms with Gasteiger partial charge in [-0.15, -0.1) is 11.6 Å². The lowest BCUT2D eigenvalue weighted by Crippen LogP contribution is -2.41. The van der Waals surface area contributed by atoms with Gasteiger partial charge in [0.05, 0.1) is 18.3 Å². The monoisotopic (exact) mass is 407 g/mol. The van der Waals surface area contributed by atoms with Gasteiger partial charge in [-0.2, -0.15) is 0 Å². The van der Waals surface area contributed by atoms with Gasteiger partial charge in [-0.1, -0.05) is 12.1 Å². The van der Waals surface area contributed by atoms with E-state index in [9.17, 15) is 4.79 Å². The molecule has 2 rings (SSSR count). The van der Waals surface area contributed by atoms with Crippen LogP contribution < -0.4 is 0 Å². The highest BCUT2D eigenvalue weighted by atomic mass is 127. The smallest absolute Gasteiger partial charge is 0.254 e. The van der Waals surface area contributed by atoms with Crippen LogP contribution in [0.4, 0.5) is 0 Å². The Hall–Kier alpha value is -0.330. The first kappa shape index (κ1) is 16.0. The molecule has 1 fully saturated rings. The maximum Gasteiger partial charge on any atom is 0.254 e. The molecule has 5 heteroatoms. The first-order valence-electron chi connectivity index (χ1n) is 6.85. The molecule has 0 saturated carbocycles. The van der Waals surface area contributed by atoms with Crippen molar-refractivity contribution < 1.29 is 9.53 Å². The molecule has 1 aliphatic rings. The maximum atomic E-state index is 12.6. The van der Waals surface area contributed by atoms with Crippen molar-refractivity contribution in [1.82, 2.24) is 4.90 Å². The molecule has 20 heavy (non-hydrogen) atoms. The Labute approximate surface area is 138 Å². The first-order valence-corrected chi connectivity index (χ1v) is 8.46. The van der Waals surface area contributed by atoms with E-state index in [4.69, 9.17) is 16.3 Å². The van der Waals surface area contributed by atoms with Crippen LogP contribution in [0.1, 0.15) is 28.8 Å². The molecule has 1 aromatic carbocycles. The van der Waals surface area contributed by atoms with E-state index in [-0.39, 0.29) is 12.0 Å². The van der Waals surface area contributed by atoms with Crippen LogP contribution in [-0.2, 0) is 4.74 Å². The van der Waals surface area contributed by atoms with E-state index in [0.717, 1.165) is 40.6 Å². The van der Waals surface area contributed by atoms with E-state index in [0.29, 0.717) is 12.5 Å². The average Bonchev–Trinajstić information content (AvgIpc) is 2.48. The van der Waals surface area contributed by atoms with E-state index in [1.165, 1.54) is 0 Å². The molecular weight excluding hydrogens is 389 g/mol. The summed E-state index contributed by atoms with van der Waals surface area (Å²) in [6, 6.07) is 5.89. The molecule has 1 saturated heterocycles. The van der Waals surface area contributed by atoms with Gasteiger partial charge in [-0.05, 0) is 54.0 Å². The molecule has 0 radical (unpaired) electrons. The minimum Gasteiger partial charge on any atom is -0.377 e. The van der Waals surface area contributed by atoms with E-state index >= 15 is 0 Å². The van der Waals surface area contributed by atoms with E-state index in [2.05, 4.69) is 22.6 Å². The first-order chi connectivity index (χ1) is 9.63. The fourth-order valence-corrected chi connectivity index (χ4v) is 3.10. The highest BCUT2D eigenvalue weighted by Gasteiger charge is 2.25. The summed E-state index contributed by atoms with van der Waals surface area (Å²) in [7, 11) is 0. The number of ether oxygens (including phenoxy) is 1. The number of rotatable bonds is 4. The van der Waals surface area contributed by atoms with Crippen molar-refractivity contribution in [3.63, 3.8) is 0 Å². The number of hydrogen-bond donors (Lipinski definition) is 0. The lowest BCUT2D eigenvalue weighted by Gasteiger charge is -2.32. The Morgan fingerprint density at radius 1 is 1.45 bits per heavy atom. The summed E-state index contributed by atoms with van der Waals surface area (Å²) in [5.74, 6) is 0.662. The van der Waals surface area contributed by atoms with Crippen LogP contribution >= 0.6 is 34.2 Å². The van der Waals surface area contributed by atoms with Crippen molar-refractivity contribution in [3.8, 4) is 0 Å². The Bertz CT molecular complexity index is 473. The van der Waals surface area contributed by atoms with E-state index in [1.54, 1.807) is 0 Å². The minimum absolute atomic E-state index is 0.133. The number of alkyl halides is 1. The minimum atomic E-state index is 0.133. The quantitative estimate of drug-likeness (QED) is 0.565. The van der Waals surface area contributed by atoms with Gasteiger partial charge in [0.1, 0.15) is 0 Å². The second-order valence-electron chi connectivity index (χ2n) is 4.99. The molecule has 110 valence electrons. The number of piperidine rings is 1. The van der Waals surface area contributed by atoms with Crippen LogP contribution in [0.2, 0.25) is 0 Å². The lowest BCUT2D eigenvalue weighted by atomic mass is 10.1. The van der Waals surface area contributed by atoms with Gasteiger partial charge < -0.3 is 9.64 Å². The standard InChI is InChI=1S/C15H19ClINO2/c1-11-3-2-4-13(14(11)17)15(19)18-8-5-12(6-9-18)20-10-7-16/h2-4,12H,5-10H2,1H3. The summed E-state index contributed by atoms with van der Waals surface area (Å²) in [4.78, 5) is 14.5. The SMILES string of the molecule is Cc1cccc(C(=O)N2CCC(OCCCl)CC2)c1I. The molecule has 3 nitrogen and oxygen atoms in total. The molecule has 0 atom stereocenters. The fourth-order valence-electron chi connectivity index (χ4n) is 2.42. The third-order valence-electron chi connectivity index (χ3n) is 3.58. The van der Waals surface area contributed by atoms with Crippen molar-refractivity contribution >= 4 is 40.1 Å². The number of aryl methyl sites for hydroxylation is 1. The predicted octanol–water partition coefficient (Wildman–Crippen LogP) is 3.46. The average molecular weight is 408 g/mol. The number of amides is 1. The highest BCUT2D eigenvalue weighted by molar-refractivity contribution is 14.1. The number of halogens is 2. The highest BCUT2D eigenvalue weighted by Crippen LogP contribution is 2.21. The molecular formula is C15H19ClINO2. The van der Waals surface area contributed by atoms with Gasteiger partial charge in [0.2, 0.25) is 0 Å². The van der Waals surface area contributed by atoms with Crippen LogP contribution in [0.3, 0.4) is 0 Å². The van der Waals surface area contributed by atoms with Crippen molar-refractivity contribution in [3.05, 3.63) is 32.9 Å². The molecule has 1 aromatic rings. The van der Waals surface area contributed by atoms with Gasteiger partial charge in [-0.3, -0.25) is 4.79 Å². The summed E-state index contributed by atoms with van der Waals surface area (Å²) in [6.45, 7) is 4.15. The van der Waals surface area contributed by atoms with Gasteiger partial charge >= 0.3 is 0 Å². The molecule has 0 aliphatic carbocycles.